The molecule has 0 aliphatic heterocycles. The van der Waals surface area contributed by atoms with Crippen LogP contribution in [0.1, 0.15) is 36.6 Å². The van der Waals surface area contributed by atoms with Crippen LogP contribution in [0, 0.1) is 0 Å². The van der Waals surface area contributed by atoms with Crippen LogP contribution in [0.4, 0.5) is 0 Å². The lowest BCUT2D eigenvalue weighted by Crippen LogP contribution is -2.26. The van der Waals surface area contributed by atoms with E-state index in [0.717, 1.165) is 31.4 Å². The van der Waals surface area contributed by atoms with E-state index in [1.807, 2.05) is 4.57 Å². The van der Waals surface area contributed by atoms with E-state index in [9.17, 15) is 4.79 Å². The molecule has 2 nitrogen and oxygen atoms in total. The molecule has 0 spiro atoms. The Morgan fingerprint density at radius 1 is 1.47 bits per heavy atom. The monoisotopic (exact) mass is 269 g/mol. The zero-order valence-electron chi connectivity index (χ0n) is 9.05. The Morgan fingerprint density at radius 2 is 2.27 bits per heavy atom. The van der Waals surface area contributed by atoms with Crippen molar-refractivity contribution in [3.63, 3.8) is 0 Å². The molecule has 0 amide bonds. The summed E-state index contributed by atoms with van der Waals surface area (Å²) in [4.78, 5) is 12.1. The molecular formula is C12H16BrNO. The molecule has 0 atom stereocenters. The summed E-state index contributed by atoms with van der Waals surface area (Å²) >= 11 is 3.39. The van der Waals surface area contributed by atoms with Crippen molar-refractivity contribution >= 4 is 15.9 Å². The molecule has 1 aliphatic rings. The second kappa shape index (κ2) is 4.52. The molecule has 0 saturated carbocycles. The molecule has 0 saturated heterocycles. The Hall–Kier alpha value is -0.570. The predicted molar refractivity (Wildman–Crippen MR) is 65.6 cm³/mol. The maximum Gasteiger partial charge on any atom is 0.254 e. The Morgan fingerprint density at radius 3 is 2.93 bits per heavy atom. The number of hydrogen-bond donors (Lipinski definition) is 0. The molecule has 0 bridgehead atoms. The van der Waals surface area contributed by atoms with Gasteiger partial charge in [0.1, 0.15) is 0 Å². The molecule has 15 heavy (non-hydrogen) atoms. The fourth-order valence-corrected chi connectivity index (χ4v) is 2.74. The van der Waals surface area contributed by atoms with Gasteiger partial charge in [-0.05, 0) is 37.3 Å². The molecule has 1 aromatic heterocycles. The lowest BCUT2D eigenvalue weighted by Gasteiger charge is -2.12. The van der Waals surface area contributed by atoms with Crippen molar-refractivity contribution < 1.29 is 0 Å². The van der Waals surface area contributed by atoms with Gasteiger partial charge in [0.05, 0.1) is 0 Å². The van der Waals surface area contributed by atoms with Crippen molar-refractivity contribution in [3.05, 3.63) is 33.2 Å². The average molecular weight is 270 g/mol. The van der Waals surface area contributed by atoms with E-state index in [4.69, 9.17) is 0 Å². The van der Waals surface area contributed by atoms with E-state index in [1.165, 1.54) is 17.7 Å². The second-order valence-corrected chi connectivity index (χ2v) is 4.65. The summed E-state index contributed by atoms with van der Waals surface area (Å²) in [5.74, 6) is 0. The van der Waals surface area contributed by atoms with Crippen molar-refractivity contribution in [2.24, 2.45) is 0 Å². The highest BCUT2D eigenvalue weighted by Crippen LogP contribution is 2.22. The van der Waals surface area contributed by atoms with Gasteiger partial charge in [-0.2, -0.15) is 0 Å². The first-order valence-electron chi connectivity index (χ1n) is 5.58. The zero-order valence-corrected chi connectivity index (χ0v) is 10.6. The van der Waals surface area contributed by atoms with Crippen LogP contribution in [-0.2, 0) is 24.7 Å². The van der Waals surface area contributed by atoms with Crippen LogP contribution in [0.5, 0.6) is 0 Å². The Labute approximate surface area is 98.4 Å². The normalized spacial score (nSPS) is 14.3. The summed E-state index contributed by atoms with van der Waals surface area (Å²) in [6.07, 6.45) is 4.44. The van der Waals surface area contributed by atoms with E-state index in [0.29, 0.717) is 5.33 Å². The van der Waals surface area contributed by atoms with Gasteiger partial charge in [-0.25, -0.2) is 0 Å². The van der Waals surface area contributed by atoms with Gasteiger partial charge in [0, 0.05) is 23.1 Å². The molecule has 0 N–H and O–H groups in total. The maximum atomic E-state index is 12.1. The lowest BCUT2D eigenvalue weighted by molar-refractivity contribution is 0.620. The maximum absolute atomic E-state index is 12.1. The third-order valence-electron chi connectivity index (χ3n) is 3.02. The molecule has 0 unspecified atom stereocenters. The quantitative estimate of drug-likeness (QED) is 0.774. The highest BCUT2D eigenvalue weighted by molar-refractivity contribution is 9.08. The molecule has 0 aromatic carbocycles. The minimum Gasteiger partial charge on any atom is -0.312 e. The number of alkyl halides is 1. The lowest BCUT2D eigenvalue weighted by atomic mass is 10.1. The summed E-state index contributed by atoms with van der Waals surface area (Å²) in [5, 5.41) is 0.669. The Bertz CT molecular complexity index is 422. The van der Waals surface area contributed by atoms with Gasteiger partial charge in [-0.3, -0.25) is 4.79 Å². The topological polar surface area (TPSA) is 22.0 Å². The van der Waals surface area contributed by atoms with Crippen LogP contribution in [0.3, 0.4) is 0 Å². The van der Waals surface area contributed by atoms with Gasteiger partial charge < -0.3 is 4.57 Å². The van der Waals surface area contributed by atoms with Crippen molar-refractivity contribution in [1.29, 1.82) is 0 Å². The molecule has 1 aromatic rings. The SMILES string of the molecule is CCCn1c2c(cc(CBr)c1=O)CCC2. The van der Waals surface area contributed by atoms with Gasteiger partial charge in [-0.1, -0.05) is 22.9 Å². The van der Waals surface area contributed by atoms with Crippen molar-refractivity contribution in [3.8, 4) is 0 Å². The molecule has 1 heterocycles. The first-order chi connectivity index (χ1) is 7.27. The van der Waals surface area contributed by atoms with E-state index >= 15 is 0 Å². The van der Waals surface area contributed by atoms with Gasteiger partial charge in [-0.15, -0.1) is 0 Å². The molecule has 1 aliphatic carbocycles. The van der Waals surface area contributed by atoms with Crippen molar-refractivity contribution in [1.82, 2.24) is 4.57 Å². The first kappa shape index (κ1) is 10.9. The number of hydrogen-bond acceptors (Lipinski definition) is 1. The molecule has 3 heteroatoms. The van der Waals surface area contributed by atoms with E-state index < -0.39 is 0 Å². The minimum atomic E-state index is 0.203. The molecular weight excluding hydrogens is 254 g/mol. The number of halogens is 1. The van der Waals surface area contributed by atoms with Crippen LogP contribution in [0.25, 0.3) is 0 Å². The predicted octanol–water partition coefficient (Wildman–Crippen LogP) is 2.64. The van der Waals surface area contributed by atoms with E-state index in [2.05, 4.69) is 28.9 Å². The Kier molecular flexibility index (Phi) is 3.29. The molecule has 0 fully saturated rings. The fraction of sp³-hybridized carbons (Fsp3) is 0.583. The van der Waals surface area contributed by atoms with Gasteiger partial charge in [0.2, 0.25) is 0 Å². The highest BCUT2D eigenvalue weighted by Gasteiger charge is 2.17. The molecule has 2 rings (SSSR count). The van der Waals surface area contributed by atoms with Crippen LogP contribution < -0.4 is 5.56 Å². The van der Waals surface area contributed by atoms with E-state index in [-0.39, 0.29) is 5.56 Å². The number of rotatable bonds is 3. The number of pyridine rings is 1. The summed E-state index contributed by atoms with van der Waals surface area (Å²) in [6, 6.07) is 2.09. The summed E-state index contributed by atoms with van der Waals surface area (Å²) in [7, 11) is 0. The highest BCUT2D eigenvalue weighted by atomic mass is 79.9. The van der Waals surface area contributed by atoms with Crippen LogP contribution in [-0.4, -0.2) is 4.57 Å². The fourth-order valence-electron chi connectivity index (χ4n) is 2.34. The standard InChI is InChI=1S/C12H16BrNO/c1-2-6-14-11-5-3-4-9(11)7-10(8-13)12(14)15/h7H,2-6,8H2,1H3. The number of fused-ring (bicyclic) bond motifs is 1. The zero-order chi connectivity index (χ0) is 10.8. The minimum absolute atomic E-state index is 0.203. The second-order valence-electron chi connectivity index (χ2n) is 4.09. The smallest absolute Gasteiger partial charge is 0.254 e. The van der Waals surface area contributed by atoms with Crippen molar-refractivity contribution in [2.75, 3.05) is 0 Å². The number of aryl methyl sites for hydroxylation is 1. The van der Waals surface area contributed by atoms with Crippen LogP contribution >= 0.6 is 15.9 Å². The molecule has 82 valence electrons. The van der Waals surface area contributed by atoms with Crippen LogP contribution in [0.2, 0.25) is 0 Å². The number of aromatic nitrogens is 1. The summed E-state index contributed by atoms with van der Waals surface area (Å²) < 4.78 is 1.99. The van der Waals surface area contributed by atoms with E-state index in [1.54, 1.807) is 0 Å². The Balaban J connectivity index is 2.58. The first-order valence-corrected chi connectivity index (χ1v) is 6.70. The number of nitrogens with zero attached hydrogens (tertiary/aromatic N) is 1. The third-order valence-corrected chi connectivity index (χ3v) is 3.62. The third kappa shape index (κ3) is 1.89. The van der Waals surface area contributed by atoms with Gasteiger partial charge >= 0.3 is 0 Å². The molecule has 0 radical (unpaired) electrons. The largest absolute Gasteiger partial charge is 0.312 e. The van der Waals surface area contributed by atoms with Crippen LogP contribution in [0.15, 0.2) is 10.9 Å². The van der Waals surface area contributed by atoms with Gasteiger partial charge in [0.25, 0.3) is 5.56 Å². The average Bonchev–Trinajstić information content (AvgIpc) is 2.69. The van der Waals surface area contributed by atoms with Crippen molar-refractivity contribution in [2.45, 2.75) is 44.5 Å². The summed E-state index contributed by atoms with van der Waals surface area (Å²) in [6.45, 7) is 2.98. The summed E-state index contributed by atoms with van der Waals surface area (Å²) in [5.41, 5.74) is 3.78. The van der Waals surface area contributed by atoms with Gasteiger partial charge in [0.15, 0.2) is 0 Å².